The van der Waals surface area contributed by atoms with E-state index < -0.39 is 16.4 Å². The summed E-state index contributed by atoms with van der Waals surface area (Å²) in [6, 6.07) is 19.4. The summed E-state index contributed by atoms with van der Waals surface area (Å²) in [5.74, 6) is -0.340. The highest BCUT2D eigenvalue weighted by Crippen LogP contribution is 2.58. The van der Waals surface area contributed by atoms with Crippen molar-refractivity contribution in [1.82, 2.24) is 5.01 Å². The quantitative estimate of drug-likeness (QED) is 0.214. The molecule has 37 heavy (non-hydrogen) atoms. The van der Waals surface area contributed by atoms with Crippen molar-refractivity contribution in [3.8, 4) is 28.7 Å². The van der Waals surface area contributed by atoms with Gasteiger partial charge in [-0.05, 0) is 36.4 Å². The second-order valence-corrected chi connectivity index (χ2v) is 8.58. The van der Waals surface area contributed by atoms with Crippen LogP contribution in [-0.2, 0) is 5.54 Å². The number of fused-ring (bicyclic) bond motifs is 6. The van der Waals surface area contributed by atoms with Crippen LogP contribution in [0.3, 0.4) is 0 Å². The molecule has 0 fully saturated rings. The molecule has 0 radical (unpaired) electrons. The molecule has 0 atom stereocenters. The molecule has 182 valence electrons. The van der Waals surface area contributed by atoms with Crippen LogP contribution in [0.1, 0.15) is 32.6 Å². The highest BCUT2D eigenvalue weighted by molar-refractivity contribution is 6.03. The molecule has 2 aliphatic heterocycles. The zero-order valence-electron chi connectivity index (χ0n) is 18.9. The largest absolute Gasteiger partial charge is 0.508 e. The third kappa shape index (κ3) is 3.12. The van der Waals surface area contributed by atoms with E-state index in [2.05, 4.69) is 5.10 Å². The maximum atomic E-state index is 13.8. The maximum Gasteiger partial charge on any atom is 0.275 e. The van der Waals surface area contributed by atoms with E-state index in [1.807, 2.05) is 0 Å². The number of nitro benzene ring substituents is 1. The van der Waals surface area contributed by atoms with Crippen molar-refractivity contribution >= 4 is 17.8 Å². The fraction of sp³-hybridized carbons (Fsp3) is 0.0370. The highest BCUT2D eigenvalue weighted by Gasteiger charge is 2.57. The minimum absolute atomic E-state index is 0.0389. The van der Waals surface area contributed by atoms with Crippen molar-refractivity contribution in [2.24, 2.45) is 5.10 Å². The molecule has 10 heteroatoms. The number of hydrogen-bond acceptors (Lipinski definition) is 8. The Kier molecular flexibility index (Phi) is 4.67. The van der Waals surface area contributed by atoms with Crippen LogP contribution in [0.4, 0.5) is 5.69 Å². The van der Waals surface area contributed by atoms with Gasteiger partial charge < -0.3 is 20.1 Å². The second-order valence-electron chi connectivity index (χ2n) is 8.58. The molecule has 1 amide bonds. The summed E-state index contributed by atoms with van der Waals surface area (Å²) in [7, 11) is 0. The Morgan fingerprint density at radius 1 is 0.865 bits per heavy atom. The minimum Gasteiger partial charge on any atom is -0.508 e. The number of phenolic OH excluding ortho intramolecular Hbond substituents is 3. The number of aromatic hydroxyl groups is 3. The number of rotatable bonds is 3. The lowest BCUT2D eigenvalue weighted by Gasteiger charge is -2.41. The van der Waals surface area contributed by atoms with Crippen LogP contribution in [0.25, 0.3) is 0 Å². The zero-order chi connectivity index (χ0) is 25.9. The van der Waals surface area contributed by atoms with Gasteiger partial charge in [-0.3, -0.25) is 14.9 Å². The Morgan fingerprint density at radius 2 is 1.51 bits per heavy atom. The van der Waals surface area contributed by atoms with Gasteiger partial charge in [0.05, 0.1) is 11.1 Å². The second kappa shape index (κ2) is 7.82. The number of benzene rings is 4. The molecule has 0 aromatic heterocycles. The summed E-state index contributed by atoms with van der Waals surface area (Å²) in [6.45, 7) is 0. The fourth-order valence-corrected chi connectivity index (χ4v) is 4.95. The molecule has 0 aliphatic carbocycles. The minimum atomic E-state index is -1.37. The number of carbonyl (C=O) groups is 1. The first kappa shape index (κ1) is 22.1. The van der Waals surface area contributed by atoms with Gasteiger partial charge in [0.1, 0.15) is 34.3 Å². The summed E-state index contributed by atoms with van der Waals surface area (Å²) >= 11 is 0. The van der Waals surface area contributed by atoms with Crippen molar-refractivity contribution in [2.75, 3.05) is 0 Å². The van der Waals surface area contributed by atoms with Crippen LogP contribution in [0.15, 0.2) is 84.0 Å². The molecule has 1 spiro atoms. The number of nitro groups is 1. The van der Waals surface area contributed by atoms with Crippen LogP contribution in [-0.4, -0.2) is 37.4 Å². The third-order valence-corrected chi connectivity index (χ3v) is 6.52. The van der Waals surface area contributed by atoms with E-state index in [1.165, 1.54) is 41.6 Å². The molecule has 3 N–H and O–H groups in total. The van der Waals surface area contributed by atoms with Crippen molar-refractivity contribution in [3.05, 3.63) is 117 Å². The zero-order valence-corrected chi connectivity index (χ0v) is 18.9. The monoisotopic (exact) mass is 495 g/mol. The molecule has 4 aromatic carbocycles. The van der Waals surface area contributed by atoms with Crippen molar-refractivity contribution < 1.29 is 29.8 Å². The van der Waals surface area contributed by atoms with E-state index in [-0.39, 0.29) is 40.0 Å². The van der Waals surface area contributed by atoms with Crippen LogP contribution in [0.2, 0.25) is 0 Å². The van der Waals surface area contributed by atoms with Crippen LogP contribution < -0.4 is 4.74 Å². The van der Waals surface area contributed by atoms with Crippen molar-refractivity contribution in [3.63, 3.8) is 0 Å². The fourth-order valence-electron chi connectivity index (χ4n) is 4.95. The topological polar surface area (TPSA) is 146 Å². The average molecular weight is 495 g/mol. The highest BCUT2D eigenvalue weighted by atomic mass is 16.6. The Hall–Kier alpha value is -5.38. The van der Waals surface area contributed by atoms with Crippen LogP contribution in [0.5, 0.6) is 28.7 Å². The molecule has 0 unspecified atom stereocenters. The first-order valence-electron chi connectivity index (χ1n) is 11.1. The van der Waals surface area contributed by atoms with Gasteiger partial charge in [0.2, 0.25) is 0 Å². The maximum absolute atomic E-state index is 13.8. The SMILES string of the molecule is O=C1c2ccccc2C2(c3ccc(O)cc3Oc3cc(O)ccc32)N1/N=C\c1cc([N+](=O)[O-])ccc1O. The van der Waals surface area contributed by atoms with E-state index in [0.717, 1.165) is 12.1 Å². The molecule has 6 rings (SSSR count). The number of ether oxygens (including phenoxy) is 1. The normalized spacial score (nSPS) is 14.8. The lowest BCUT2D eigenvalue weighted by Crippen LogP contribution is -2.44. The molecule has 0 saturated carbocycles. The Balaban J connectivity index is 1.65. The van der Waals surface area contributed by atoms with Crippen LogP contribution >= 0.6 is 0 Å². The van der Waals surface area contributed by atoms with Gasteiger partial charge in [0.25, 0.3) is 11.6 Å². The van der Waals surface area contributed by atoms with Gasteiger partial charge >= 0.3 is 0 Å². The number of hydrazone groups is 1. The van der Waals surface area contributed by atoms with Crippen molar-refractivity contribution in [1.29, 1.82) is 0 Å². The molecule has 10 nitrogen and oxygen atoms in total. The summed E-state index contributed by atoms with van der Waals surface area (Å²) < 4.78 is 6.02. The van der Waals surface area contributed by atoms with Crippen molar-refractivity contribution in [2.45, 2.75) is 5.54 Å². The third-order valence-electron chi connectivity index (χ3n) is 6.52. The molecular formula is C27H17N3O7. The lowest BCUT2D eigenvalue weighted by atomic mass is 9.75. The summed E-state index contributed by atoms with van der Waals surface area (Å²) in [5, 5.41) is 47.6. The molecule has 2 aliphatic rings. The first-order chi connectivity index (χ1) is 17.8. The van der Waals surface area contributed by atoms with Crippen LogP contribution in [0, 0.1) is 10.1 Å². The standard InChI is InChI=1S/C27H17N3O7/c31-17-6-8-21-24(12-17)37-25-13-18(32)7-9-22(25)27(21)20-4-2-1-3-19(20)26(34)29(27)28-14-15-11-16(30(35)36)5-10-23(15)33/h1-14,31-33H/b28-14-. The number of hydrogen-bond donors (Lipinski definition) is 3. The van der Waals surface area contributed by atoms with Gasteiger partial charge in [-0.2, -0.15) is 5.10 Å². The molecule has 2 heterocycles. The van der Waals surface area contributed by atoms with Gasteiger partial charge in [-0.1, -0.05) is 18.2 Å². The molecule has 4 aromatic rings. The van der Waals surface area contributed by atoms with E-state index >= 15 is 0 Å². The van der Waals surface area contributed by atoms with Gasteiger partial charge in [-0.25, -0.2) is 5.01 Å². The number of amides is 1. The van der Waals surface area contributed by atoms with Gasteiger partial charge in [-0.15, -0.1) is 0 Å². The Labute approximate surface area is 209 Å². The van der Waals surface area contributed by atoms with E-state index in [4.69, 9.17) is 4.74 Å². The van der Waals surface area contributed by atoms with Gasteiger partial charge in [0, 0.05) is 52.1 Å². The van der Waals surface area contributed by atoms with E-state index in [0.29, 0.717) is 22.3 Å². The van der Waals surface area contributed by atoms with E-state index in [9.17, 15) is 30.2 Å². The smallest absolute Gasteiger partial charge is 0.275 e. The number of nitrogens with zero attached hydrogens (tertiary/aromatic N) is 3. The summed E-state index contributed by atoms with van der Waals surface area (Å²) in [5.41, 5.74) is 0.370. The molecule has 0 saturated heterocycles. The summed E-state index contributed by atoms with van der Waals surface area (Å²) in [4.78, 5) is 24.5. The Bertz CT molecular complexity index is 1610. The molecular weight excluding hydrogens is 478 g/mol. The predicted octanol–water partition coefficient (Wildman–Crippen LogP) is 4.60. The number of non-ortho nitro benzene ring substituents is 1. The molecule has 0 bridgehead atoms. The number of phenols is 3. The lowest BCUT2D eigenvalue weighted by molar-refractivity contribution is -0.384. The first-order valence-corrected chi connectivity index (χ1v) is 11.1. The Morgan fingerprint density at radius 3 is 2.16 bits per heavy atom. The van der Waals surface area contributed by atoms with E-state index in [1.54, 1.807) is 36.4 Å². The number of carbonyl (C=O) groups excluding carboxylic acids is 1. The van der Waals surface area contributed by atoms with Gasteiger partial charge in [0.15, 0.2) is 0 Å². The predicted molar refractivity (Wildman–Crippen MR) is 131 cm³/mol. The summed E-state index contributed by atoms with van der Waals surface area (Å²) in [6.07, 6.45) is 1.18. The average Bonchev–Trinajstić information content (AvgIpc) is 3.11.